The lowest BCUT2D eigenvalue weighted by Crippen LogP contribution is -2.41. The molecule has 0 atom stereocenters. The van der Waals surface area contributed by atoms with Crippen LogP contribution in [0.25, 0.3) is 0 Å². The van der Waals surface area contributed by atoms with Gasteiger partial charge in [0.1, 0.15) is 5.75 Å². The molecule has 2 amide bonds. The Bertz CT molecular complexity index is 728. The number of benzene rings is 1. The third-order valence-electron chi connectivity index (χ3n) is 4.41. The van der Waals surface area contributed by atoms with Crippen LogP contribution in [0.3, 0.4) is 0 Å². The standard InChI is InChI=1S/C17H21FN4O3/c1-24-15-10-16(25-2)14(9-13(15)18)20-17(23)21-6-3-12(4-7-21)22-8-5-19-11-22/h5,8-12H,3-4,6-7H2,1-2H3,(H,20,23). The molecule has 3 rings (SSSR count). The molecule has 1 saturated heterocycles. The highest BCUT2D eigenvalue weighted by Gasteiger charge is 2.24. The van der Waals surface area contributed by atoms with Crippen LogP contribution in [0, 0.1) is 5.82 Å². The Labute approximate surface area is 145 Å². The first kappa shape index (κ1) is 17.1. The van der Waals surface area contributed by atoms with Crippen molar-refractivity contribution in [3.63, 3.8) is 0 Å². The first-order valence-electron chi connectivity index (χ1n) is 8.07. The van der Waals surface area contributed by atoms with E-state index in [1.165, 1.54) is 26.4 Å². The zero-order valence-corrected chi connectivity index (χ0v) is 14.2. The topological polar surface area (TPSA) is 68.6 Å². The first-order valence-corrected chi connectivity index (χ1v) is 8.07. The van der Waals surface area contributed by atoms with Crippen molar-refractivity contribution in [3.05, 3.63) is 36.7 Å². The predicted molar refractivity (Wildman–Crippen MR) is 90.6 cm³/mol. The molecule has 2 heterocycles. The summed E-state index contributed by atoms with van der Waals surface area (Å²) in [6.45, 7) is 1.24. The molecule has 0 radical (unpaired) electrons. The second kappa shape index (κ2) is 7.42. The quantitative estimate of drug-likeness (QED) is 0.922. The second-order valence-electron chi connectivity index (χ2n) is 5.85. The summed E-state index contributed by atoms with van der Waals surface area (Å²) >= 11 is 0. The number of hydrogen-bond acceptors (Lipinski definition) is 4. The van der Waals surface area contributed by atoms with Gasteiger partial charge in [0, 0.05) is 43.7 Å². The Hall–Kier alpha value is -2.77. The summed E-state index contributed by atoms with van der Waals surface area (Å²) in [5.41, 5.74) is 0.280. The van der Waals surface area contributed by atoms with E-state index in [1.54, 1.807) is 17.4 Å². The third kappa shape index (κ3) is 3.67. The summed E-state index contributed by atoms with van der Waals surface area (Å²) in [6, 6.07) is 2.69. The molecule has 0 spiro atoms. The number of hydrogen-bond donors (Lipinski definition) is 1. The molecule has 1 N–H and O–H groups in total. The fourth-order valence-electron chi connectivity index (χ4n) is 3.00. The van der Waals surface area contributed by atoms with Crippen LogP contribution in [-0.2, 0) is 0 Å². The number of nitrogens with zero attached hydrogens (tertiary/aromatic N) is 3. The number of halogens is 1. The van der Waals surface area contributed by atoms with E-state index < -0.39 is 5.82 Å². The minimum absolute atomic E-state index is 0.0657. The number of ether oxygens (including phenoxy) is 2. The van der Waals surface area contributed by atoms with Gasteiger partial charge in [-0.1, -0.05) is 0 Å². The van der Waals surface area contributed by atoms with Gasteiger partial charge in [-0.25, -0.2) is 14.2 Å². The number of methoxy groups -OCH3 is 2. The van der Waals surface area contributed by atoms with E-state index in [2.05, 4.69) is 14.9 Å². The van der Waals surface area contributed by atoms with Crippen LogP contribution in [-0.4, -0.2) is 47.8 Å². The number of aromatic nitrogens is 2. The number of carbonyl (C=O) groups excluding carboxylic acids is 1. The second-order valence-corrected chi connectivity index (χ2v) is 5.85. The number of amides is 2. The Morgan fingerprint density at radius 2 is 1.96 bits per heavy atom. The summed E-state index contributed by atoms with van der Waals surface area (Å²) in [5.74, 6) is -0.145. The number of nitrogens with one attached hydrogen (secondary N) is 1. The minimum atomic E-state index is -0.558. The maximum absolute atomic E-state index is 13.9. The highest BCUT2D eigenvalue weighted by atomic mass is 19.1. The lowest BCUT2D eigenvalue weighted by molar-refractivity contribution is 0.183. The van der Waals surface area contributed by atoms with Gasteiger partial charge in [-0.15, -0.1) is 0 Å². The average Bonchev–Trinajstić information content (AvgIpc) is 3.17. The van der Waals surface area contributed by atoms with Crippen LogP contribution in [0.4, 0.5) is 14.9 Å². The number of piperidine rings is 1. The van der Waals surface area contributed by atoms with Gasteiger partial charge in [0.25, 0.3) is 0 Å². The molecule has 1 fully saturated rings. The molecule has 0 aliphatic carbocycles. The van der Waals surface area contributed by atoms with E-state index in [4.69, 9.17) is 9.47 Å². The van der Waals surface area contributed by atoms with Crippen molar-refractivity contribution in [1.82, 2.24) is 14.5 Å². The third-order valence-corrected chi connectivity index (χ3v) is 4.41. The minimum Gasteiger partial charge on any atom is -0.494 e. The number of urea groups is 1. The van der Waals surface area contributed by atoms with Crippen LogP contribution in [0.1, 0.15) is 18.9 Å². The van der Waals surface area contributed by atoms with Gasteiger partial charge in [0.2, 0.25) is 0 Å². The molecule has 2 aromatic rings. The molecule has 7 nitrogen and oxygen atoms in total. The van der Waals surface area contributed by atoms with Crippen molar-refractivity contribution in [2.24, 2.45) is 0 Å². The Morgan fingerprint density at radius 3 is 2.56 bits per heavy atom. The van der Waals surface area contributed by atoms with Gasteiger partial charge >= 0.3 is 6.03 Å². The lowest BCUT2D eigenvalue weighted by Gasteiger charge is -2.32. The molecule has 1 aliphatic rings. The van der Waals surface area contributed by atoms with E-state index in [0.29, 0.717) is 24.9 Å². The molecule has 25 heavy (non-hydrogen) atoms. The van der Waals surface area contributed by atoms with Gasteiger partial charge in [-0.2, -0.15) is 0 Å². The molecule has 134 valence electrons. The van der Waals surface area contributed by atoms with Crippen molar-refractivity contribution in [2.45, 2.75) is 18.9 Å². The number of likely N-dealkylation sites (tertiary alicyclic amines) is 1. The lowest BCUT2D eigenvalue weighted by atomic mass is 10.1. The zero-order chi connectivity index (χ0) is 17.8. The molecule has 1 aromatic carbocycles. The zero-order valence-electron chi connectivity index (χ0n) is 14.2. The summed E-state index contributed by atoms with van der Waals surface area (Å²) < 4.78 is 26.1. The first-order chi connectivity index (χ1) is 12.1. The fourth-order valence-corrected chi connectivity index (χ4v) is 3.00. The van der Waals surface area contributed by atoms with Crippen LogP contribution in [0.2, 0.25) is 0 Å². The number of imidazole rings is 1. The van der Waals surface area contributed by atoms with Crippen molar-refractivity contribution in [2.75, 3.05) is 32.6 Å². The van der Waals surface area contributed by atoms with E-state index in [0.717, 1.165) is 12.8 Å². The van der Waals surface area contributed by atoms with Crippen LogP contribution in [0.15, 0.2) is 30.9 Å². The van der Waals surface area contributed by atoms with Gasteiger partial charge in [0.05, 0.1) is 26.2 Å². The maximum atomic E-state index is 13.9. The van der Waals surface area contributed by atoms with Crippen molar-refractivity contribution in [3.8, 4) is 11.5 Å². The van der Waals surface area contributed by atoms with E-state index >= 15 is 0 Å². The Kier molecular flexibility index (Phi) is 5.06. The smallest absolute Gasteiger partial charge is 0.321 e. The highest BCUT2D eigenvalue weighted by molar-refractivity contribution is 5.91. The van der Waals surface area contributed by atoms with Crippen LogP contribution >= 0.6 is 0 Å². The van der Waals surface area contributed by atoms with E-state index in [-0.39, 0.29) is 17.5 Å². The van der Waals surface area contributed by atoms with Gasteiger partial charge in [0.15, 0.2) is 11.6 Å². The largest absolute Gasteiger partial charge is 0.494 e. The molecular weight excluding hydrogens is 327 g/mol. The fraction of sp³-hybridized carbons (Fsp3) is 0.412. The van der Waals surface area contributed by atoms with Crippen molar-refractivity contribution >= 4 is 11.7 Å². The molecule has 1 aliphatic heterocycles. The molecule has 8 heteroatoms. The molecule has 0 saturated carbocycles. The van der Waals surface area contributed by atoms with Crippen LogP contribution in [0.5, 0.6) is 11.5 Å². The highest BCUT2D eigenvalue weighted by Crippen LogP contribution is 2.32. The summed E-state index contributed by atoms with van der Waals surface area (Å²) in [5, 5.41) is 2.72. The van der Waals surface area contributed by atoms with E-state index in [9.17, 15) is 9.18 Å². The van der Waals surface area contributed by atoms with Gasteiger partial charge in [-0.3, -0.25) is 0 Å². The van der Waals surface area contributed by atoms with Crippen LogP contribution < -0.4 is 14.8 Å². The predicted octanol–water partition coefficient (Wildman–Crippen LogP) is 2.91. The summed E-state index contributed by atoms with van der Waals surface area (Å²) in [4.78, 5) is 18.3. The number of rotatable bonds is 4. The van der Waals surface area contributed by atoms with Gasteiger partial charge < -0.3 is 24.3 Å². The summed E-state index contributed by atoms with van der Waals surface area (Å²) in [6.07, 6.45) is 7.18. The molecule has 1 aromatic heterocycles. The average molecular weight is 348 g/mol. The Balaban J connectivity index is 1.64. The van der Waals surface area contributed by atoms with Gasteiger partial charge in [-0.05, 0) is 12.8 Å². The van der Waals surface area contributed by atoms with Crippen molar-refractivity contribution in [1.29, 1.82) is 0 Å². The molecular formula is C17H21FN4O3. The monoisotopic (exact) mass is 348 g/mol. The molecule has 0 bridgehead atoms. The maximum Gasteiger partial charge on any atom is 0.321 e. The normalized spacial score (nSPS) is 15.1. The Morgan fingerprint density at radius 1 is 1.24 bits per heavy atom. The SMILES string of the molecule is COc1cc(OC)c(NC(=O)N2CCC(n3ccnc3)CC2)cc1F. The number of carbonyl (C=O) groups is 1. The number of anilines is 1. The summed E-state index contributed by atoms with van der Waals surface area (Å²) in [7, 11) is 2.83. The molecule has 0 unspecified atom stereocenters. The van der Waals surface area contributed by atoms with E-state index in [1.807, 2.05) is 6.20 Å². The van der Waals surface area contributed by atoms with Crippen molar-refractivity contribution < 1.29 is 18.7 Å².